The van der Waals surface area contributed by atoms with Crippen molar-refractivity contribution >= 4 is 22.4 Å². The first-order valence-corrected chi connectivity index (χ1v) is 7.67. The highest BCUT2D eigenvalue weighted by Crippen LogP contribution is 2.39. The summed E-state index contributed by atoms with van der Waals surface area (Å²) in [6.07, 6.45) is 4.81. The number of hydrogen-bond acceptors (Lipinski definition) is 5. The van der Waals surface area contributed by atoms with Crippen LogP contribution in [0, 0.1) is 5.41 Å². The van der Waals surface area contributed by atoms with Gasteiger partial charge in [-0.3, -0.25) is 4.79 Å². The molecule has 19 heavy (non-hydrogen) atoms. The average molecular weight is 282 g/mol. The van der Waals surface area contributed by atoms with Gasteiger partial charge in [-0.25, -0.2) is 4.98 Å². The van der Waals surface area contributed by atoms with Gasteiger partial charge in [0.2, 0.25) is 0 Å². The Morgan fingerprint density at radius 2 is 2.42 bits per heavy atom. The summed E-state index contributed by atoms with van der Waals surface area (Å²) in [5, 5.41) is 6.54. The molecule has 1 fully saturated rings. The zero-order valence-electron chi connectivity index (χ0n) is 11.9. The van der Waals surface area contributed by atoms with Crippen LogP contribution in [0.15, 0.2) is 5.38 Å². The lowest BCUT2D eigenvalue weighted by molar-refractivity contribution is -0.140. The highest BCUT2D eigenvalue weighted by molar-refractivity contribution is 7.13. The van der Waals surface area contributed by atoms with E-state index in [2.05, 4.69) is 28.9 Å². The fraction of sp³-hybridized carbons (Fsp3) is 0.714. The van der Waals surface area contributed by atoms with Gasteiger partial charge in [0.25, 0.3) is 0 Å². The smallest absolute Gasteiger partial charge is 0.305 e. The minimum absolute atomic E-state index is 0.181. The van der Waals surface area contributed by atoms with Gasteiger partial charge in [-0.15, -0.1) is 11.3 Å². The number of carbonyl (C=O) groups excluding carboxylic acids is 1. The molecule has 1 N–H and O–H groups in total. The number of hydrogen-bond donors (Lipinski definition) is 1. The van der Waals surface area contributed by atoms with Crippen LogP contribution in [0.4, 0.5) is 5.13 Å². The predicted molar refractivity (Wildman–Crippen MR) is 77.5 cm³/mol. The third-order valence-electron chi connectivity index (χ3n) is 3.92. The number of nitrogens with one attached hydrogen (secondary N) is 1. The number of aryl methyl sites for hydroxylation is 1. The number of esters is 1. The second kappa shape index (κ2) is 5.90. The Morgan fingerprint density at radius 1 is 1.63 bits per heavy atom. The van der Waals surface area contributed by atoms with Crippen LogP contribution in [-0.2, 0) is 16.0 Å². The molecule has 0 saturated heterocycles. The Balaban J connectivity index is 1.89. The Hall–Kier alpha value is -1.10. The summed E-state index contributed by atoms with van der Waals surface area (Å²) in [6, 6.07) is 0.507. The third-order valence-corrected chi connectivity index (χ3v) is 4.74. The molecule has 0 radical (unpaired) electrons. The Morgan fingerprint density at radius 3 is 3.05 bits per heavy atom. The summed E-state index contributed by atoms with van der Waals surface area (Å²) in [6.45, 7) is 4.62. The number of methoxy groups -OCH3 is 1. The molecule has 1 aromatic heterocycles. The summed E-state index contributed by atoms with van der Waals surface area (Å²) in [5.74, 6) is -0.181. The van der Waals surface area contributed by atoms with Gasteiger partial charge in [0, 0.05) is 17.8 Å². The van der Waals surface area contributed by atoms with Crippen LogP contribution in [0.1, 0.15) is 45.2 Å². The van der Waals surface area contributed by atoms with Crippen molar-refractivity contribution in [3.63, 3.8) is 0 Å². The number of aromatic nitrogens is 1. The van der Waals surface area contributed by atoms with Crippen molar-refractivity contribution < 1.29 is 9.53 Å². The molecule has 0 bridgehead atoms. The van der Waals surface area contributed by atoms with E-state index in [-0.39, 0.29) is 5.97 Å². The lowest BCUT2D eigenvalue weighted by Crippen LogP contribution is -2.30. The highest BCUT2D eigenvalue weighted by atomic mass is 32.1. The van der Waals surface area contributed by atoms with Crippen LogP contribution < -0.4 is 5.32 Å². The second-order valence-electron chi connectivity index (χ2n) is 5.80. The monoisotopic (exact) mass is 282 g/mol. The number of thiazole rings is 1. The highest BCUT2D eigenvalue weighted by Gasteiger charge is 2.34. The first-order chi connectivity index (χ1) is 9.01. The largest absolute Gasteiger partial charge is 0.469 e. The summed E-state index contributed by atoms with van der Waals surface area (Å²) < 4.78 is 4.63. The molecule has 1 heterocycles. The van der Waals surface area contributed by atoms with Gasteiger partial charge in [-0.2, -0.15) is 0 Å². The van der Waals surface area contributed by atoms with Crippen molar-refractivity contribution in [2.24, 2.45) is 5.41 Å². The van der Waals surface area contributed by atoms with E-state index in [9.17, 15) is 4.79 Å². The molecule has 106 valence electrons. The molecule has 1 aliphatic carbocycles. The molecule has 0 aromatic carbocycles. The average Bonchev–Trinajstić information content (AvgIpc) is 2.94. The van der Waals surface area contributed by atoms with E-state index >= 15 is 0 Å². The molecule has 1 unspecified atom stereocenters. The Bertz CT molecular complexity index is 442. The van der Waals surface area contributed by atoms with E-state index in [4.69, 9.17) is 0 Å². The van der Waals surface area contributed by atoms with Gasteiger partial charge in [0.05, 0.1) is 19.2 Å². The van der Waals surface area contributed by atoms with Crippen molar-refractivity contribution in [1.29, 1.82) is 0 Å². The topological polar surface area (TPSA) is 51.2 Å². The van der Waals surface area contributed by atoms with Crippen LogP contribution in [0.5, 0.6) is 0 Å². The summed E-state index contributed by atoms with van der Waals surface area (Å²) in [5.41, 5.74) is 1.31. The van der Waals surface area contributed by atoms with E-state index in [0.717, 1.165) is 10.8 Å². The normalized spacial score (nSPS) is 21.3. The SMILES string of the molecule is COC(=O)CCc1csc(NC2CCCC2(C)C)n1. The van der Waals surface area contributed by atoms with Gasteiger partial charge in [0.15, 0.2) is 5.13 Å². The molecule has 1 aliphatic rings. The van der Waals surface area contributed by atoms with Crippen LogP contribution >= 0.6 is 11.3 Å². The van der Waals surface area contributed by atoms with Gasteiger partial charge < -0.3 is 10.1 Å². The van der Waals surface area contributed by atoms with E-state index in [1.807, 2.05) is 5.38 Å². The van der Waals surface area contributed by atoms with E-state index in [0.29, 0.717) is 24.3 Å². The van der Waals surface area contributed by atoms with E-state index < -0.39 is 0 Å². The first kappa shape index (κ1) is 14.3. The standard InChI is InChI=1S/C14H22N2O2S/c1-14(2)8-4-5-11(14)16-13-15-10(9-19-13)6-7-12(17)18-3/h9,11H,4-8H2,1-3H3,(H,15,16). The molecule has 1 saturated carbocycles. The maximum absolute atomic E-state index is 11.1. The predicted octanol–water partition coefficient (Wildman–Crippen LogP) is 3.24. The first-order valence-electron chi connectivity index (χ1n) is 6.79. The molecular weight excluding hydrogens is 260 g/mol. The summed E-state index contributed by atoms with van der Waals surface area (Å²) >= 11 is 1.62. The maximum atomic E-state index is 11.1. The number of anilines is 1. The Labute approximate surface area is 118 Å². The van der Waals surface area contributed by atoms with Crippen molar-refractivity contribution in [3.8, 4) is 0 Å². The molecule has 1 atom stereocenters. The lowest BCUT2D eigenvalue weighted by Gasteiger charge is -2.27. The van der Waals surface area contributed by atoms with Gasteiger partial charge in [-0.05, 0) is 18.3 Å². The molecule has 1 aromatic rings. The minimum Gasteiger partial charge on any atom is -0.469 e. The van der Waals surface area contributed by atoms with Crippen molar-refractivity contribution in [2.45, 2.75) is 52.0 Å². The molecule has 0 spiro atoms. The van der Waals surface area contributed by atoms with Crippen LogP contribution in [0.2, 0.25) is 0 Å². The number of ether oxygens (including phenoxy) is 1. The fourth-order valence-corrected chi connectivity index (χ4v) is 3.36. The number of nitrogens with zero attached hydrogens (tertiary/aromatic N) is 1. The van der Waals surface area contributed by atoms with Crippen molar-refractivity contribution in [2.75, 3.05) is 12.4 Å². The zero-order valence-corrected chi connectivity index (χ0v) is 12.7. The third kappa shape index (κ3) is 3.69. The van der Waals surface area contributed by atoms with E-state index in [1.165, 1.54) is 26.4 Å². The van der Waals surface area contributed by atoms with Crippen LogP contribution in [0.3, 0.4) is 0 Å². The second-order valence-corrected chi connectivity index (χ2v) is 6.66. The minimum atomic E-state index is -0.181. The van der Waals surface area contributed by atoms with E-state index in [1.54, 1.807) is 11.3 Å². The summed E-state index contributed by atoms with van der Waals surface area (Å²) in [7, 11) is 1.42. The number of rotatable bonds is 5. The molecule has 0 aliphatic heterocycles. The van der Waals surface area contributed by atoms with Gasteiger partial charge in [0.1, 0.15) is 0 Å². The Kier molecular flexibility index (Phi) is 4.45. The molecular formula is C14H22N2O2S. The molecule has 2 rings (SSSR count). The van der Waals surface area contributed by atoms with Gasteiger partial charge >= 0.3 is 5.97 Å². The molecule has 4 nitrogen and oxygen atoms in total. The summed E-state index contributed by atoms with van der Waals surface area (Å²) in [4.78, 5) is 15.6. The maximum Gasteiger partial charge on any atom is 0.305 e. The van der Waals surface area contributed by atoms with Crippen molar-refractivity contribution in [1.82, 2.24) is 4.98 Å². The van der Waals surface area contributed by atoms with Crippen molar-refractivity contribution in [3.05, 3.63) is 11.1 Å². The quantitative estimate of drug-likeness (QED) is 0.842. The number of carbonyl (C=O) groups is 1. The van der Waals surface area contributed by atoms with Crippen LogP contribution in [0.25, 0.3) is 0 Å². The fourth-order valence-electron chi connectivity index (χ4n) is 2.56. The van der Waals surface area contributed by atoms with Gasteiger partial charge in [-0.1, -0.05) is 20.3 Å². The zero-order chi connectivity index (χ0) is 13.9. The lowest BCUT2D eigenvalue weighted by atomic mass is 9.87. The van der Waals surface area contributed by atoms with Crippen LogP contribution in [-0.4, -0.2) is 24.1 Å². The molecule has 5 heteroatoms. The molecule has 0 amide bonds.